The van der Waals surface area contributed by atoms with Crippen molar-refractivity contribution in [1.29, 1.82) is 0 Å². The molecular weight excluding hydrogens is 260 g/mol. The van der Waals surface area contributed by atoms with E-state index >= 15 is 0 Å². The molecule has 1 amide bonds. The van der Waals surface area contributed by atoms with Crippen molar-refractivity contribution in [2.75, 3.05) is 17.2 Å². The molecule has 104 valence electrons. The van der Waals surface area contributed by atoms with Crippen molar-refractivity contribution in [3.8, 4) is 12.3 Å². The van der Waals surface area contributed by atoms with E-state index in [1.807, 2.05) is 42.5 Å². The minimum atomic E-state index is -0.0746. The molecule has 3 heteroatoms. The van der Waals surface area contributed by atoms with Gasteiger partial charge in [0.1, 0.15) is 0 Å². The average Bonchev–Trinajstić information content (AvgIpc) is 2.54. The third kappa shape index (κ3) is 2.90. The molecule has 1 aliphatic heterocycles. The van der Waals surface area contributed by atoms with E-state index in [0.717, 1.165) is 23.4 Å². The number of benzene rings is 2. The van der Waals surface area contributed by atoms with Crippen molar-refractivity contribution >= 4 is 17.3 Å². The fourth-order valence-electron chi connectivity index (χ4n) is 2.56. The second-order valence-corrected chi connectivity index (χ2v) is 5.15. The van der Waals surface area contributed by atoms with Crippen molar-refractivity contribution in [2.24, 2.45) is 5.92 Å². The molecule has 2 aromatic rings. The number of nitrogens with one attached hydrogen (secondary N) is 2. The zero-order valence-corrected chi connectivity index (χ0v) is 11.6. The van der Waals surface area contributed by atoms with E-state index in [4.69, 9.17) is 6.42 Å². The summed E-state index contributed by atoms with van der Waals surface area (Å²) in [6.07, 6.45) is 6.13. The van der Waals surface area contributed by atoms with Gasteiger partial charge < -0.3 is 10.6 Å². The summed E-state index contributed by atoms with van der Waals surface area (Å²) in [5.74, 6) is 2.51. The SMILES string of the molecule is C#Cc1cccc(NC(=O)C2CNc3ccccc3C2)c1. The first-order chi connectivity index (χ1) is 10.3. The van der Waals surface area contributed by atoms with E-state index in [1.165, 1.54) is 5.56 Å². The lowest BCUT2D eigenvalue weighted by atomic mass is 9.93. The Morgan fingerprint density at radius 3 is 2.95 bits per heavy atom. The van der Waals surface area contributed by atoms with Crippen molar-refractivity contribution in [3.63, 3.8) is 0 Å². The average molecular weight is 276 g/mol. The van der Waals surface area contributed by atoms with Crippen molar-refractivity contribution in [1.82, 2.24) is 0 Å². The first-order valence-corrected chi connectivity index (χ1v) is 6.95. The van der Waals surface area contributed by atoms with Crippen molar-refractivity contribution in [2.45, 2.75) is 6.42 Å². The number of anilines is 2. The van der Waals surface area contributed by atoms with Gasteiger partial charge in [-0.15, -0.1) is 6.42 Å². The summed E-state index contributed by atoms with van der Waals surface area (Å²) < 4.78 is 0. The lowest BCUT2D eigenvalue weighted by Gasteiger charge is -2.25. The number of carbonyl (C=O) groups excluding carboxylic acids is 1. The molecule has 1 atom stereocenters. The Labute approximate surface area is 124 Å². The Kier molecular flexibility index (Phi) is 3.61. The van der Waals surface area contributed by atoms with E-state index in [1.54, 1.807) is 0 Å². The second-order valence-electron chi connectivity index (χ2n) is 5.15. The monoisotopic (exact) mass is 276 g/mol. The van der Waals surface area contributed by atoms with E-state index in [2.05, 4.69) is 22.6 Å². The molecule has 0 saturated carbocycles. The molecule has 0 aliphatic carbocycles. The van der Waals surface area contributed by atoms with Gasteiger partial charge in [0.2, 0.25) is 5.91 Å². The van der Waals surface area contributed by atoms with Gasteiger partial charge >= 0.3 is 0 Å². The van der Waals surface area contributed by atoms with Crippen LogP contribution in [0.25, 0.3) is 0 Å². The van der Waals surface area contributed by atoms with Gasteiger partial charge in [-0.2, -0.15) is 0 Å². The summed E-state index contributed by atoms with van der Waals surface area (Å²) in [5, 5.41) is 6.25. The van der Waals surface area contributed by atoms with Crippen LogP contribution in [-0.4, -0.2) is 12.5 Å². The highest BCUT2D eigenvalue weighted by atomic mass is 16.1. The maximum Gasteiger partial charge on any atom is 0.229 e. The minimum absolute atomic E-state index is 0.0196. The van der Waals surface area contributed by atoms with Crippen molar-refractivity contribution < 1.29 is 4.79 Å². The Balaban J connectivity index is 1.71. The maximum absolute atomic E-state index is 12.4. The third-order valence-electron chi connectivity index (χ3n) is 3.69. The zero-order chi connectivity index (χ0) is 14.7. The Hall–Kier alpha value is -2.73. The van der Waals surface area contributed by atoms with Gasteiger partial charge in [0.05, 0.1) is 5.92 Å². The summed E-state index contributed by atoms with van der Waals surface area (Å²) in [6, 6.07) is 15.4. The molecule has 0 saturated heterocycles. The molecule has 0 bridgehead atoms. The van der Waals surface area contributed by atoms with Crippen molar-refractivity contribution in [3.05, 3.63) is 59.7 Å². The van der Waals surface area contributed by atoms with Gasteiger partial charge in [0.15, 0.2) is 0 Å². The smallest absolute Gasteiger partial charge is 0.229 e. The maximum atomic E-state index is 12.4. The molecular formula is C18H16N2O. The van der Waals surface area contributed by atoms with Gasteiger partial charge in [0, 0.05) is 23.5 Å². The van der Waals surface area contributed by atoms with Gasteiger partial charge in [-0.25, -0.2) is 0 Å². The molecule has 1 heterocycles. The highest BCUT2D eigenvalue weighted by Gasteiger charge is 2.24. The summed E-state index contributed by atoms with van der Waals surface area (Å²) in [5.41, 5.74) is 3.81. The number of fused-ring (bicyclic) bond motifs is 1. The van der Waals surface area contributed by atoms with E-state index in [-0.39, 0.29) is 11.8 Å². The van der Waals surface area contributed by atoms with Gasteiger partial charge in [-0.05, 0) is 36.2 Å². The summed E-state index contributed by atoms with van der Waals surface area (Å²) in [6.45, 7) is 0.650. The van der Waals surface area contributed by atoms with Gasteiger partial charge in [-0.3, -0.25) is 4.79 Å². The molecule has 1 unspecified atom stereocenters. The number of rotatable bonds is 2. The third-order valence-corrected chi connectivity index (χ3v) is 3.69. The van der Waals surface area contributed by atoms with E-state index in [9.17, 15) is 4.79 Å². The largest absolute Gasteiger partial charge is 0.384 e. The van der Waals surface area contributed by atoms with E-state index < -0.39 is 0 Å². The first-order valence-electron chi connectivity index (χ1n) is 6.95. The fourth-order valence-corrected chi connectivity index (χ4v) is 2.56. The number of carbonyl (C=O) groups is 1. The molecule has 0 fully saturated rings. The molecule has 0 radical (unpaired) electrons. The normalized spacial score (nSPS) is 16.2. The first kappa shape index (κ1) is 13.3. The van der Waals surface area contributed by atoms with Crippen LogP contribution in [0, 0.1) is 18.3 Å². The fraction of sp³-hybridized carbons (Fsp3) is 0.167. The molecule has 3 nitrogen and oxygen atoms in total. The number of hydrogen-bond acceptors (Lipinski definition) is 2. The van der Waals surface area contributed by atoms with Gasteiger partial charge in [0.25, 0.3) is 0 Å². The van der Waals surface area contributed by atoms with Crippen LogP contribution in [0.4, 0.5) is 11.4 Å². The molecule has 21 heavy (non-hydrogen) atoms. The van der Waals surface area contributed by atoms with Crippen LogP contribution < -0.4 is 10.6 Å². The van der Waals surface area contributed by atoms with Crippen LogP contribution in [0.2, 0.25) is 0 Å². The highest BCUT2D eigenvalue weighted by molar-refractivity contribution is 5.93. The highest BCUT2D eigenvalue weighted by Crippen LogP contribution is 2.25. The lowest BCUT2D eigenvalue weighted by molar-refractivity contribution is -0.119. The summed E-state index contributed by atoms with van der Waals surface area (Å²) in [4.78, 5) is 12.4. The van der Waals surface area contributed by atoms with Crippen LogP contribution in [0.1, 0.15) is 11.1 Å². The molecule has 2 N–H and O–H groups in total. The van der Waals surface area contributed by atoms with Crippen LogP contribution in [0.15, 0.2) is 48.5 Å². The quantitative estimate of drug-likeness (QED) is 0.828. The second kappa shape index (κ2) is 5.72. The van der Waals surface area contributed by atoms with Gasteiger partial charge in [-0.1, -0.05) is 30.2 Å². The molecule has 1 aliphatic rings. The predicted molar refractivity (Wildman–Crippen MR) is 85.1 cm³/mol. The van der Waals surface area contributed by atoms with Crippen LogP contribution in [0.5, 0.6) is 0 Å². The lowest BCUT2D eigenvalue weighted by Crippen LogP contribution is -2.33. The van der Waals surface area contributed by atoms with E-state index in [0.29, 0.717) is 6.54 Å². The summed E-state index contributed by atoms with van der Waals surface area (Å²) >= 11 is 0. The Morgan fingerprint density at radius 2 is 2.10 bits per heavy atom. The molecule has 3 rings (SSSR count). The topological polar surface area (TPSA) is 41.1 Å². The predicted octanol–water partition coefficient (Wildman–Crippen LogP) is 2.89. The molecule has 0 aromatic heterocycles. The van der Waals surface area contributed by atoms with Crippen LogP contribution in [0.3, 0.4) is 0 Å². The molecule has 2 aromatic carbocycles. The Bertz CT molecular complexity index is 715. The number of hydrogen-bond donors (Lipinski definition) is 2. The van der Waals surface area contributed by atoms with Crippen LogP contribution in [-0.2, 0) is 11.2 Å². The number of para-hydroxylation sites is 1. The summed E-state index contributed by atoms with van der Waals surface area (Å²) in [7, 11) is 0. The minimum Gasteiger partial charge on any atom is -0.384 e. The number of terminal acetylenes is 1. The molecule has 0 spiro atoms. The zero-order valence-electron chi connectivity index (χ0n) is 11.6. The standard InChI is InChI=1S/C18H16N2O/c1-2-13-6-5-8-16(10-13)20-18(21)15-11-14-7-3-4-9-17(14)19-12-15/h1,3-10,15,19H,11-12H2,(H,20,21). The number of amides is 1. The van der Waals surface area contributed by atoms with Crippen LogP contribution >= 0.6 is 0 Å². The Morgan fingerprint density at radius 1 is 1.24 bits per heavy atom.